The van der Waals surface area contributed by atoms with Gasteiger partial charge in [-0.1, -0.05) is 30.3 Å². The molecule has 0 fully saturated rings. The van der Waals surface area contributed by atoms with Gasteiger partial charge in [0.1, 0.15) is 17.3 Å². The summed E-state index contributed by atoms with van der Waals surface area (Å²) in [6.07, 6.45) is 3.08. The number of benzene rings is 3. The number of ketones is 1. The van der Waals surface area contributed by atoms with Crippen LogP contribution in [0.5, 0.6) is 11.5 Å². The van der Waals surface area contributed by atoms with Gasteiger partial charge in [0.05, 0.1) is 18.2 Å². The molecule has 0 heterocycles. The number of ether oxygens (including phenoxy) is 2. The number of allylic oxidation sites excluding steroid dienone is 1. The van der Waals surface area contributed by atoms with Crippen molar-refractivity contribution in [1.29, 1.82) is 0 Å². The molecule has 28 heavy (non-hydrogen) atoms. The van der Waals surface area contributed by atoms with Crippen LogP contribution in [0, 0.1) is 5.82 Å². The quantitative estimate of drug-likeness (QED) is 0.264. The minimum absolute atomic E-state index is 0.140. The highest BCUT2D eigenvalue weighted by Gasteiger charge is 2.14. The summed E-state index contributed by atoms with van der Waals surface area (Å²) in [4.78, 5) is 24.8. The lowest BCUT2D eigenvalue weighted by atomic mass is 10.1. The van der Waals surface area contributed by atoms with E-state index in [-0.39, 0.29) is 22.7 Å². The average Bonchev–Trinajstić information content (AvgIpc) is 2.73. The predicted molar refractivity (Wildman–Crippen MR) is 104 cm³/mol. The molecule has 0 atom stereocenters. The van der Waals surface area contributed by atoms with Gasteiger partial charge in [-0.15, -0.1) is 0 Å². The molecular weight excluding hydrogens is 359 g/mol. The summed E-state index contributed by atoms with van der Waals surface area (Å²) in [5.41, 5.74) is 1.27. The van der Waals surface area contributed by atoms with E-state index >= 15 is 0 Å². The molecule has 140 valence electrons. The van der Waals surface area contributed by atoms with Gasteiger partial charge in [-0.2, -0.15) is 0 Å². The molecule has 0 aromatic heterocycles. The molecule has 5 heteroatoms. The lowest BCUT2D eigenvalue weighted by Crippen LogP contribution is -2.11. The van der Waals surface area contributed by atoms with Gasteiger partial charge in [0.25, 0.3) is 0 Å². The molecule has 0 radical (unpaired) electrons. The number of rotatable bonds is 6. The standard InChI is InChI=1S/C23H17FO4/c1-27-19-13-6-16(7-14-19)8-15-21(25)20-4-2-3-5-22(20)28-23(26)17-9-11-18(24)12-10-17/h2-15H,1H3/b15-8+. The minimum atomic E-state index is -0.667. The Kier molecular flexibility index (Phi) is 5.97. The Hall–Kier alpha value is -3.73. The number of hydrogen-bond acceptors (Lipinski definition) is 4. The number of carbonyl (C=O) groups is 2. The zero-order chi connectivity index (χ0) is 19.9. The van der Waals surface area contributed by atoms with Crippen molar-refractivity contribution in [3.8, 4) is 11.5 Å². The molecule has 0 unspecified atom stereocenters. The van der Waals surface area contributed by atoms with Crippen LogP contribution in [0.25, 0.3) is 6.08 Å². The fourth-order valence-corrected chi connectivity index (χ4v) is 2.48. The van der Waals surface area contributed by atoms with Crippen LogP contribution in [0.1, 0.15) is 26.3 Å². The van der Waals surface area contributed by atoms with Crippen molar-refractivity contribution >= 4 is 17.8 Å². The molecule has 4 nitrogen and oxygen atoms in total. The van der Waals surface area contributed by atoms with Gasteiger partial charge in [0, 0.05) is 0 Å². The first kappa shape index (κ1) is 19.0. The van der Waals surface area contributed by atoms with E-state index < -0.39 is 11.8 Å². The summed E-state index contributed by atoms with van der Waals surface area (Å²) < 4.78 is 23.4. The molecule has 0 bridgehead atoms. The SMILES string of the molecule is COc1ccc(/C=C/C(=O)c2ccccc2OC(=O)c2ccc(F)cc2)cc1. The Bertz CT molecular complexity index is 1010. The maximum Gasteiger partial charge on any atom is 0.343 e. The highest BCUT2D eigenvalue weighted by Crippen LogP contribution is 2.21. The molecular formula is C23H17FO4. The highest BCUT2D eigenvalue weighted by atomic mass is 19.1. The summed E-state index contributed by atoms with van der Waals surface area (Å²) in [5, 5.41) is 0. The molecule has 3 aromatic carbocycles. The predicted octanol–water partition coefficient (Wildman–Crippen LogP) is 4.95. The Labute approximate surface area is 161 Å². The maximum absolute atomic E-state index is 13.0. The van der Waals surface area contributed by atoms with Gasteiger partial charge >= 0.3 is 5.97 Å². The van der Waals surface area contributed by atoms with Crippen LogP contribution in [0.15, 0.2) is 78.9 Å². The van der Waals surface area contributed by atoms with Crippen LogP contribution in [0.4, 0.5) is 4.39 Å². The summed E-state index contributed by atoms with van der Waals surface area (Å²) in [5.74, 6) is -0.559. The molecule has 0 aliphatic rings. The Morgan fingerprint density at radius 3 is 2.25 bits per heavy atom. The molecule has 0 aliphatic heterocycles. The third kappa shape index (κ3) is 4.71. The Balaban J connectivity index is 1.76. The molecule has 0 spiro atoms. The summed E-state index contributed by atoms with van der Waals surface area (Å²) >= 11 is 0. The van der Waals surface area contributed by atoms with Crippen molar-refractivity contribution in [1.82, 2.24) is 0 Å². The van der Waals surface area contributed by atoms with Crippen LogP contribution >= 0.6 is 0 Å². The Morgan fingerprint density at radius 2 is 1.57 bits per heavy atom. The van der Waals surface area contributed by atoms with E-state index in [9.17, 15) is 14.0 Å². The van der Waals surface area contributed by atoms with Crippen LogP contribution in [0.3, 0.4) is 0 Å². The smallest absolute Gasteiger partial charge is 0.343 e. The first-order chi connectivity index (χ1) is 13.6. The van der Waals surface area contributed by atoms with Crippen molar-refractivity contribution in [2.75, 3.05) is 7.11 Å². The minimum Gasteiger partial charge on any atom is -0.497 e. The van der Waals surface area contributed by atoms with Crippen molar-refractivity contribution in [2.24, 2.45) is 0 Å². The second kappa shape index (κ2) is 8.77. The van der Waals surface area contributed by atoms with Crippen LogP contribution < -0.4 is 9.47 Å². The Morgan fingerprint density at radius 1 is 0.893 bits per heavy atom. The van der Waals surface area contributed by atoms with E-state index in [1.807, 2.05) is 12.1 Å². The fourth-order valence-electron chi connectivity index (χ4n) is 2.48. The van der Waals surface area contributed by atoms with E-state index in [1.54, 1.807) is 43.5 Å². The van der Waals surface area contributed by atoms with E-state index in [2.05, 4.69) is 0 Å². The normalized spacial score (nSPS) is 10.6. The largest absolute Gasteiger partial charge is 0.497 e. The van der Waals surface area contributed by atoms with Gasteiger partial charge in [0.2, 0.25) is 0 Å². The van der Waals surface area contributed by atoms with E-state index in [4.69, 9.17) is 9.47 Å². The van der Waals surface area contributed by atoms with E-state index in [0.29, 0.717) is 0 Å². The highest BCUT2D eigenvalue weighted by molar-refractivity contribution is 6.09. The second-order valence-electron chi connectivity index (χ2n) is 5.86. The van der Waals surface area contributed by atoms with Crippen LogP contribution in [-0.4, -0.2) is 18.9 Å². The number of para-hydroxylation sites is 1. The second-order valence-corrected chi connectivity index (χ2v) is 5.86. The molecule has 0 amide bonds. The van der Waals surface area contributed by atoms with E-state index in [1.165, 1.54) is 36.4 Å². The molecule has 0 saturated carbocycles. The van der Waals surface area contributed by atoms with Gasteiger partial charge in [-0.25, -0.2) is 9.18 Å². The monoisotopic (exact) mass is 376 g/mol. The lowest BCUT2D eigenvalue weighted by Gasteiger charge is -2.08. The molecule has 3 aromatic rings. The van der Waals surface area contributed by atoms with Crippen LogP contribution in [0.2, 0.25) is 0 Å². The van der Waals surface area contributed by atoms with Crippen molar-refractivity contribution in [3.05, 3.63) is 101 Å². The summed E-state index contributed by atoms with van der Waals surface area (Å²) in [7, 11) is 1.58. The summed E-state index contributed by atoms with van der Waals surface area (Å²) in [6, 6.07) is 18.7. The number of methoxy groups -OCH3 is 1. The fraction of sp³-hybridized carbons (Fsp3) is 0.0435. The lowest BCUT2D eigenvalue weighted by molar-refractivity contribution is 0.0733. The molecule has 0 aliphatic carbocycles. The number of halogens is 1. The van der Waals surface area contributed by atoms with Crippen molar-refractivity contribution in [2.45, 2.75) is 0 Å². The van der Waals surface area contributed by atoms with Crippen molar-refractivity contribution < 1.29 is 23.5 Å². The average molecular weight is 376 g/mol. The summed E-state index contributed by atoms with van der Waals surface area (Å²) in [6.45, 7) is 0. The van der Waals surface area contributed by atoms with Gasteiger partial charge in [0.15, 0.2) is 5.78 Å². The zero-order valence-corrected chi connectivity index (χ0v) is 15.1. The third-order valence-corrected chi connectivity index (χ3v) is 3.98. The van der Waals surface area contributed by atoms with E-state index in [0.717, 1.165) is 11.3 Å². The molecule has 0 N–H and O–H groups in total. The zero-order valence-electron chi connectivity index (χ0n) is 15.1. The maximum atomic E-state index is 13.0. The number of hydrogen-bond donors (Lipinski definition) is 0. The van der Waals surface area contributed by atoms with Crippen LogP contribution in [-0.2, 0) is 0 Å². The first-order valence-corrected chi connectivity index (χ1v) is 8.50. The topological polar surface area (TPSA) is 52.6 Å². The molecule has 3 rings (SSSR count). The number of carbonyl (C=O) groups excluding carboxylic acids is 2. The van der Waals surface area contributed by atoms with Gasteiger partial charge in [-0.3, -0.25) is 4.79 Å². The molecule has 0 saturated heterocycles. The van der Waals surface area contributed by atoms with Gasteiger partial charge in [-0.05, 0) is 60.2 Å². The van der Waals surface area contributed by atoms with Gasteiger partial charge < -0.3 is 9.47 Å². The van der Waals surface area contributed by atoms with Crippen molar-refractivity contribution in [3.63, 3.8) is 0 Å². The first-order valence-electron chi connectivity index (χ1n) is 8.50. The number of esters is 1. The third-order valence-electron chi connectivity index (χ3n) is 3.98.